The fourth-order valence-corrected chi connectivity index (χ4v) is 2.66. The summed E-state index contributed by atoms with van der Waals surface area (Å²) < 4.78 is 5.10. The Labute approximate surface area is 118 Å². The van der Waals surface area contributed by atoms with Gasteiger partial charge in [0.2, 0.25) is 11.8 Å². The average molecular weight is 281 g/mol. The molecule has 1 fully saturated rings. The molecule has 6 nitrogen and oxygen atoms in total. The topological polar surface area (TPSA) is 88.2 Å². The Morgan fingerprint density at radius 1 is 1.45 bits per heavy atom. The quantitative estimate of drug-likeness (QED) is 0.785. The fourth-order valence-electron chi connectivity index (χ4n) is 2.66. The molecule has 6 heteroatoms. The second kappa shape index (κ2) is 7.38. The maximum atomic E-state index is 11.9. The number of amides is 1. The van der Waals surface area contributed by atoms with Crippen LogP contribution in [0.4, 0.5) is 0 Å². The lowest BCUT2D eigenvalue weighted by atomic mass is 10.0. The zero-order chi connectivity index (χ0) is 14.4. The Hall–Kier alpha value is -1.43. The molecule has 2 atom stereocenters. The van der Waals surface area contributed by atoms with E-state index in [1.54, 1.807) is 0 Å². The number of nitrogens with one attached hydrogen (secondary N) is 1. The molecule has 1 aromatic heterocycles. The number of nitrogens with zero attached hydrogens (tertiary/aromatic N) is 2. The number of aryl methyl sites for hydroxylation is 2. The number of rotatable bonds is 7. The number of hydrogen-bond acceptors (Lipinski definition) is 5. The van der Waals surface area contributed by atoms with E-state index in [1.165, 1.54) is 0 Å². The van der Waals surface area contributed by atoms with Gasteiger partial charge in [0, 0.05) is 37.8 Å². The van der Waals surface area contributed by atoms with E-state index in [0.29, 0.717) is 24.6 Å². The van der Waals surface area contributed by atoms with Crippen molar-refractivity contribution >= 4 is 5.91 Å². The second-order valence-electron chi connectivity index (χ2n) is 5.40. The molecule has 1 aliphatic carbocycles. The highest BCUT2D eigenvalue weighted by Gasteiger charge is 2.27. The van der Waals surface area contributed by atoms with Gasteiger partial charge in [-0.2, -0.15) is 4.98 Å². The normalized spacial score (nSPS) is 22.1. The monoisotopic (exact) mass is 281 g/mol. The molecule has 1 aromatic rings. The van der Waals surface area contributed by atoms with Crippen molar-refractivity contribution in [2.75, 3.05) is 6.61 Å². The second-order valence-corrected chi connectivity index (χ2v) is 5.40. The largest absolute Gasteiger partial charge is 0.396 e. The van der Waals surface area contributed by atoms with Gasteiger partial charge in [-0.25, -0.2) is 0 Å². The fraction of sp³-hybridized carbons (Fsp3) is 0.786. The first-order valence-corrected chi connectivity index (χ1v) is 7.44. The summed E-state index contributed by atoms with van der Waals surface area (Å²) in [6.07, 6.45) is 5.62. The zero-order valence-electron chi connectivity index (χ0n) is 12.0. The predicted octanol–water partition coefficient (Wildman–Crippen LogP) is 1.23. The smallest absolute Gasteiger partial charge is 0.227 e. The van der Waals surface area contributed by atoms with Crippen LogP contribution in [0.25, 0.3) is 0 Å². The highest BCUT2D eigenvalue weighted by atomic mass is 16.5. The summed E-state index contributed by atoms with van der Waals surface area (Å²) in [7, 11) is 0. The van der Waals surface area contributed by atoms with Crippen molar-refractivity contribution in [3.63, 3.8) is 0 Å². The van der Waals surface area contributed by atoms with E-state index >= 15 is 0 Å². The lowest BCUT2D eigenvalue weighted by Gasteiger charge is -2.18. The highest BCUT2D eigenvalue weighted by Crippen LogP contribution is 2.25. The first-order chi connectivity index (χ1) is 9.72. The van der Waals surface area contributed by atoms with Crippen LogP contribution in [0.5, 0.6) is 0 Å². The van der Waals surface area contributed by atoms with Gasteiger partial charge in [-0.3, -0.25) is 4.79 Å². The van der Waals surface area contributed by atoms with Crippen molar-refractivity contribution in [1.29, 1.82) is 0 Å². The third-order valence-corrected chi connectivity index (χ3v) is 3.79. The minimum Gasteiger partial charge on any atom is -0.396 e. The Bertz CT molecular complexity index is 433. The Balaban J connectivity index is 1.74. The van der Waals surface area contributed by atoms with E-state index < -0.39 is 0 Å². The van der Waals surface area contributed by atoms with E-state index in [-0.39, 0.29) is 24.5 Å². The first-order valence-electron chi connectivity index (χ1n) is 7.44. The molecule has 0 aliphatic heterocycles. The molecule has 0 aromatic carbocycles. The molecule has 0 radical (unpaired) electrons. The molecule has 112 valence electrons. The molecule has 20 heavy (non-hydrogen) atoms. The molecule has 1 amide bonds. The summed E-state index contributed by atoms with van der Waals surface area (Å²) in [5, 5.41) is 16.1. The minimum atomic E-state index is -0.00871. The van der Waals surface area contributed by atoms with E-state index in [4.69, 9.17) is 4.52 Å². The van der Waals surface area contributed by atoms with Crippen molar-refractivity contribution in [3.8, 4) is 0 Å². The van der Waals surface area contributed by atoms with Crippen LogP contribution in [-0.4, -0.2) is 33.8 Å². The average Bonchev–Trinajstić information content (AvgIpc) is 3.06. The van der Waals surface area contributed by atoms with Crippen LogP contribution in [0.15, 0.2) is 4.52 Å². The van der Waals surface area contributed by atoms with Crippen LogP contribution in [0.2, 0.25) is 0 Å². The van der Waals surface area contributed by atoms with Crippen LogP contribution in [0, 0.1) is 5.92 Å². The number of aliphatic hydroxyl groups excluding tert-OH is 1. The van der Waals surface area contributed by atoms with E-state index in [9.17, 15) is 9.90 Å². The van der Waals surface area contributed by atoms with Gasteiger partial charge in [0.1, 0.15) is 0 Å². The lowest BCUT2D eigenvalue weighted by Crippen LogP contribution is -2.38. The number of hydrogen-bond donors (Lipinski definition) is 2. The number of carbonyl (C=O) groups excluding carboxylic acids is 1. The molecular weight excluding hydrogens is 258 g/mol. The van der Waals surface area contributed by atoms with Crippen LogP contribution in [0.3, 0.4) is 0 Å². The zero-order valence-corrected chi connectivity index (χ0v) is 12.0. The maximum absolute atomic E-state index is 11.9. The summed E-state index contributed by atoms with van der Waals surface area (Å²) in [5.74, 6) is 1.43. The van der Waals surface area contributed by atoms with E-state index in [0.717, 1.165) is 32.1 Å². The van der Waals surface area contributed by atoms with Gasteiger partial charge in [0.05, 0.1) is 0 Å². The summed E-state index contributed by atoms with van der Waals surface area (Å²) in [6.45, 7) is 2.21. The molecule has 1 heterocycles. The number of aromatic nitrogens is 2. The minimum absolute atomic E-state index is 0.00871. The van der Waals surface area contributed by atoms with Gasteiger partial charge < -0.3 is 14.9 Å². The highest BCUT2D eigenvalue weighted by molar-refractivity contribution is 5.76. The summed E-state index contributed by atoms with van der Waals surface area (Å²) in [4.78, 5) is 16.1. The van der Waals surface area contributed by atoms with Crippen LogP contribution < -0.4 is 5.32 Å². The SMILES string of the molecule is CCCc1noc(CCC(=O)NC2CCCC2CO)n1. The van der Waals surface area contributed by atoms with Crippen molar-refractivity contribution in [2.45, 2.75) is 57.9 Å². The van der Waals surface area contributed by atoms with Crippen molar-refractivity contribution in [3.05, 3.63) is 11.7 Å². The Kier molecular flexibility index (Phi) is 5.52. The Morgan fingerprint density at radius 3 is 3.05 bits per heavy atom. The van der Waals surface area contributed by atoms with Gasteiger partial charge in [0.15, 0.2) is 5.82 Å². The van der Waals surface area contributed by atoms with Gasteiger partial charge in [0.25, 0.3) is 0 Å². The van der Waals surface area contributed by atoms with Gasteiger partial charge >= 0.3 is 0 Å². The standard InChI is InChI=1S/C14H23N3O3/c1-2-4-12-16-14(20-17-12)8-7-13(19)15-11-6-3-5-10(11)9-18/h10-11,18H,2-9H2,1H3,(H,15,19). The summed E-state index contributed by atoms with van der Waals surface area (Å²) >= 11 is 0. The maximum Gasteiger partial charge on any atom is 0.227 e. The third-order valence-electron chi connectivity index (χ3n) is 3.79. The van der Waals surface area contributed by atoms with Crippen LogP contribution in [-0.2, 0) is 17.6 Å². The van der Waals surface area contributed by atoms with E-state index in [2.05, 4.69) is 22.4 Å². The molecule has 2 unspecified atom stereocenters. The van der Waals surface area contributed by atoms with Gasteiger partial charge in [-0.05, 0) is 19.3 Å². The van der Waals surface area contributed by atoms with Crippen LogP contribution >= 0.6 is 0 Å². The number of aliphatic hydroxyl groups is 1. The van der Waals surface area contributed by atoms with Crippen molar-refractivity contribution in [2.24, 2.45) is 5.92 Å². The van der Waals surface area contributed by atoms with Crippen LogP contribution in [0.1, 0.15) is 50.7 Å². The van der Waals surface area contributed by atoms with Crippen molar-refractivity contribution < 1.29 is 14.4 Å². The number of carbonyl (C=O) groups is 1. The molecular formula is C14H23N3O3. The summed E-state index contributed by atoms with van der Waals surface area (Å²) in [5.41, 5.74) is 0. The van der Waals surface area contributed by atoms with Gasteiger partial charge in [-0.15, -0.1) is 0 Å². The molecule has 1 saturated carbocycles. The molecule has 2 rings (SSSR count). The van der Waals surface area contributed by atoms with E-state index in [1.807, 2.05) is 0 Å². The molecule has 0 spiro atoms. The molecule has 1 aliphatic rings. The molecule has 0 saturated heterocycles. The van der Waals surface area contributed by atoms with Crippen molar-refractivity contribution in [1.82, 2.24) is 15.5 Å². The summed E-state index contributed by atoms with van der Waals surface area (Å²) in [6, 6.07) is 0.117. The van der Waals surface area contributed by atoms with Gasteiger partial charge in [-0.1, -0.05) is 18.5 Å². The predicted molar refractivity (Wildman–Crippen MR) is 73.0 cm³/mol. The first kappa shape index (κ1) is 15.0. The third kappa shape index (κ3) is 4.03. The molecule has 0 bridgehead atoms. The molecule has 2 N–H and O–H groups in total. The lowest BCUT2D eigenvalue weighted by molar-refractivity contribution is -0.122. The Morgan fingerprint density at radius 2 is 2.30 bits per heavy atom.